The third kappa shape index (κ3) is 3.80. The van der Waals surface area contributed by atoms with Crippen molar-refractivity contribution >= 4 is 12.6 Å². The van der Waals surface area contributed by atoms with Crippen molar-refractivity contribution in [2.24, 2.45) is 0 Å². The molecule has 0 bridgehead atoms. The topological polar surface area (TPSA) is 43.7 Å². The van der Waals surface area contributed by atoms with Gasteiger partial charge in [-0.2, -0.15) is 0 Å². The lowest BCUT2D eigenvalue weighted by Gasteiger charge is -2.27. The molecule has 0 spiro atoms. The van der Waals surface area contributed by atoms with Crippen LogP contribution >= 0.6 is 0 Å². The molecule has 0 amide bonds. The molecule has 2 N–H and O–H groups in total. The molecule has 0 atom stereocenters. The van der Waals surface area contributed by atoms with E-state index in [4.69, 9.17) is 0 Å². The molecular weight excluding hydrogens is 232 g/mol. The summed E-state index contributed by atoms with van der Waals surface area (Å²) in [6, 6.07) is 4.59. The molecule has 0 radical (unpaired) electrons. The summed E-state index contributed by atoms with van der Waals surface area (Å²) < 4.78 is 13.1. The number of hydrogen-bond donors (Lipinski definition) is 2. The summed E-state index contributed by atoms with van der Waals surface area (Å²) in [7, 11) is 0.361. The lowest BCUT2D eigenvalue weighted by molar-refractivity contribution is 0.222. The summed E-state index contributed by atoms with van der Waals surface area (Å²) in [5.41, 5.74) is 0.994. The van der Waals surface area contributed by atoms with E-state index in [1.807, 2.05) is 7.05 Å². The Balaban J connectivity index is 2.90. The maximum absolute atomic E-state index is 13.1. The molecule has 0 unspecified atom stereocenters. The smallest absolute Gasteiger partial charge is 0.423 e. The van der Waals surface area contributed by atoms with Gasteiger partial charge in [0, 0.05) is 12.6 Å². The van der Waals surface area contributed by atoms with E-state index >= 15 is 0 Å². The average Bonchev–Trinajstić information content (AvgIpc) is 2.32. The normalized spacial score (nSPS) is 11.3. The van der Waals surface area contributed by atoms with E-state index in [1.54, 1.807) is 6.07 Å². The zero-order valence-corrected chi connectivity index (χ0v) is 11.2. The van der Waals surface area contributed by atoms with Gasteiger partial charge >= 0.3 is 7.12 Å². The van der Waals surface area contributed by atoms with Crippen LogP contribution in [0.4, 0.5) is 4.39 Å². The summed E-state index contributed by atoms with van der Waals surface area (Å²) in [5, 5.41) is 18.5. The molecule has 0 fully saturated rings. The standard InChI is InChI=1S/C13H21BFNO2/c1-4-12(5-2)16(3)9-10-6-7-11(15)8-13(10)14(17)18/h6-8,12,17-18H,4-5,9H2,1-3H3. The highest BCUT2D eigenvalue weighted by Crippen LogP contribution is 2.11. The maximum atomic E-state index is 13.1. The fourth-order valence-corrected chi connectivity index (χ4v) is 2.26. The first-order valence-electron chi connectivity index (χ1n) is 6.34. The van der Waals surface area contributed by atoms with Gasteiger partial charge in [-0.25, -0.2) is 4.39 Å². The fourth-order valence-electron chi connectivity index (χ4n) is 2.26. The van der Waals surface area contributed by atoms with E-state index in [-0.39, 0.29) is 5.46 Å². The molecule has 0 aromatic heterocycles. The molecule has 0 aliphatic rings. The quantitative estimate of drug-likeness (QED) is 0.747. The highest BCUT2D eigenvalue weighted by atomic mass is 19.1. The first-order valence-corrected chi connectivity index (χ1v) is 6.34. The Hall–Kier alpha value is -0.905. The van der Waals surface area contributed by atoms with Crippen LogP contribution in [-0.4, -0.2) is 35.2 Å². The van der Waals surface area contributed by atoms with Gasteiger partial charge in [-0.1, -0.05) is 19.9 Å². The van der Waals surface area contributed by atoms with Crippen LogP contribution in [0.1, 0.15) is 32.3 Å². The predicted octanol–water partition coefficient (Wildman–Crippen LogP) is 1.13. The van der Waals surface area contributed by atoms with E-state index < -0.39 is 12.9 Å². The Morgan fingerprint density at radius 1 is 1.28 bits per heavy atom. The summed E-state index contributed by atoms with van der Waals surface area (Å²) in [6.07, 6.45) is 2.07. The van der Waals surface area contributed by atoms with Gasteiger partial charge in [0.05, 0.1) is 0 Å². The molecule has 0 heterocycles. The first-order chi connectivity index (χ1) is 8.49. The van der Waals surface area contributed by atoms with Crippen LogP contribution in [0.15, 0.2) is 18.2 Å². The van der Waals surface area contributed by atoms with Crippen molar-refractivity contribution in [1.82, 2.24) is 4.90 Å². The van der Waals surface area contributed by atoms with Crippen molar-refractivity contribution in [3.05, 3.63) is 29.6 Å². The molecule has 5 heteroatoms. The molecule has 0 aliphatic carbocycles. The Morgan fingerprint density at radius 3 is 2.39 bits per heavy atom. The Bertz CT molecular complexity index is 383. The second-order valence-electron chi connectivity index (χ2n) is 4.60. The van der Waals surface area contributed by atoms with Gasteiger partial charge in [-0.05, 0) is 43.0 Å². The van der Waals surface area contributed by atoms with Gasteiger partial charge in [-0.3, -0.25) is 4.90 Å². The molecule has 0 aliphatic heterocycles. The molecule has 3 nitrogen and oxygen atoms in total. The highest BCUT2D eigenvalue weighted by Gasteiger charge is 2.19. The Kier molecular flexibility index (Phi) is 5.79. The number of rotatable bonds is 6. The number of nitrogens with zero attached hydrogens (tertiary/aromatic N) is 1. The van der Waals surface area contributed by atoms with Crippen LogP contribution < -0.4 is 5.46 Å². The third-order valence-corrected chi connectivity index (χ3v) is 3.37. The largest absolute Gasteiger partial charge is 0.488 e. The van der Waals surface area contributed by atoms with Crippen LogP contribution in [0.5, 0.6) is 0 Å². The zero-order valence-electron chi connectivity index (χ0n) is 11.2. The van der Waals surface area contributed by atoms with Crippen molar-refractivity contribution in [1.29, 1.82) is 0 Å². The minimum absolute atomic E-state index is 0.243. The highest BCUT2D eigenvalue weighted by molar-refractivity contribution is 6.59. The van der Waals surface area contributed by atoms with Crippen molar-refractivity contribution in [2.45, 2.75) is 39.3 Å². The molecule has 1 aromatic rings. The van der Waals surface area contributed by atoms with Crippen LogP contribution in [0.25, 0.3) is 0 Å². The predicted molar refractivity (Wildman–Crippen MR) is 72.1 cm³/mol. The Morgan fingerprint density at radius 2 is 1.89 bits per heavy atom. The van der Waals surface area contributed by atoms with Gasteiger partial charge in [0.15, 0.2) is 0 Å². The number of hydrogen-bond acceptors (Lipinski definition) is 3. The summed E-state index contributed by atoms with van der Waals surface area (Å²) >= 11 is 0. The lowest BCUT2D eigenvalue weighted by Crippen LogP contribution is -2.37. The van der Waals surface area contributed by atoms with E-state index in [1.165, 1.54) is 12.1 Å². The average molecular weight is 253 g/mol. The van der Waals surface area contributed by atoms with E-state index in [9.17, 15) is 14.4 Å². The summed E-state index contributed by atoms with van der Waals surface area (Å²) in [4.78, 5) is 2.15. The van der Waals surface area contributed by atoms with Crippen LogP contribution in [0.2, 0.25) is 0 Å². The third-order valence-electron chi connectivity index (χ3n) is 3.37. The summed E-state index contributed by atoms with van der Waals surface area (Å²) in [6.45, 7) is 4.83. The Labute approximate surface area is 108 Å². The minimum Gasteiger partial charge on any atom is -0.423 e. The lowest BCUT2D eigenvalue weighted by atomic mass is 9.76. The van der Waals surface area contributed by atoms with E-state index in [0.717, 1.165) is 18.4 Å². The fraction of sp³-hybridized carbons (Fsp3) is 0.538. The van der Waals surface area contributed by atoms with Gasteiger partial charge in [0.1, 0.15) is 5.82 Å². The second kappa shape index (κ2) is 6.88. The van der Waals surface area contributed by atoms with Crippen LogP contribution in [-0.2, 0) is 6.54 Å². The SMILES string of the molecule is CCC(CC)N(C)Cc1ccc(F)cc1B(O)O. The van der Waals surface area contributed by atoms with Crippen molar-refractivity contribution in [3.63, 3.8) is 0 Å². The molecule has 100 valence electrons. The van der Waals surface area contributed by atoms with E-state index in [2.05, 4.69) is 18.7 Å². The monoisotopic (exact) mass is 253 g/mol. The van der Waals surface area contributed by atoms with Gasteiger partial charge < -0.3 is 10.0 Å². The molecule has 1 aromatic carbocycles. The molecule has 18 heavy (non-hydrogen) atoms. The van der Waals surface area contributed by atoms with E-state index in [0.29, 0.717) is 12.6 Å². The van der Waals surface area contributed by atoms with Gasteiger partial charge in [0.2, 0.25) is 0 Å². The number of benzene rings is 1. The van der Waals surface area contributed by atoms with Crippen LogP contribution in [0.3, 0.4) is 0 Å². The molecule has 0 saturated heterocycles. The van der Waals surface area contributed by atoms with Crippen LogP contribution in [0, 0.1) is 5.82 Å². The minimum atomic E-state index is -1.63. The molecule has 1 rings (SSSR count). The van der Waals surface area contributed by atoms with Crippen molar-refractivity contribution < 1.29 is 14.4 Å². The van der Waals surface area contributed by atoms with Gasteiger partial charge in [0.25, 0.3) is 0 Å². The molecular formula is C13H21BFNO2. The maximum Gasteiger partial charge on any atom is 0.488 e. The van der Waals surface area contributed by atoms with Gasteiger partial charge in [-0.15, -0.1) is 0 Å². The first kappa shape index (κ1) is 15.2. The summed E-state index contributed by atoms with van der Waals surface area (Å²) in [5.74, 6) is -0.452. The second-order valence-corrected chi connectivity index (χ2v) is 4.60. The van der Waals surface area contributed by atoms with Crippen molar-refractivity contribution in [2.75, 3.05) is 7.05 Å². The zero-order chi connectivity index (χ0) is 13.7. The van der Waals surface area contributed by atoms with Crippen molar-refractivity contribution in [3.8, 4) is 0 Å². The molecule has 0 saturated carbocycles. The number of halogens is 1.